The van der Waals surface area contributed by atoms with Gasteiger partial charge < -0.3 is 28.6 Å². The third-order valence-corrected chi connectivity index (χ3v) is 12.7. The highest BCUT2D eigenvalue weighted by atomic mass is 16.6. The molecule has 8 nitrogen and oxygen atoms in total. The smallest absolute Gasteiger partial charge is 0.306 e. The summed E-state index contributed by atoms with van der Waals surface area (Å²) in [7, 11) is 5.42. The number of hydrogen-bond acceptors (Lipinski definition) is 7. The molecule has 0 saturated heterocycles. The van der Waals surface area contributed by atoms with E-state index in [9.17, 15) is 19.5 Å². The average Bonchev–Trinajstić information content (AvgIpc) is 3.29. The largest absolute Gasteiger partial charge is 0.544 e. The fraction of sp³-hybridized carbons (Fsp3) is 0.814. The highest BCUT2D eigenvalue weighted by Gasteiger charge is 2.25. The Morgan fingerprint density at radius 2 is 0.836 bits per heavy atom. The lowest BCUT2D eigenvalue weighted by Crippen LogP contribution is -2.55. The molecule has 0 aliphatic carbocycles. The first-order valence-electron chi connectivity index (χ1n) is 28.2. The number of ether oxygens (including phenoxy) is 3. The summed E-state index contributed by atoms with van der Waals surface area (Å²) in [5, 5.41) is 11.7. The molecule has 2 unspecified atom stereocenters. The molecule has 0 aromatic rings. The lowest BCUT2D eigenvalue weighted by molar-refractivity contribution is -0.889. The van der Waals surface area contributed by atoms with Crippen molar-refractivity contribution in [3.63, 3.8) is 0 Å². The number of esters is 2. The van der Waals surface area contributed by atoms with Crippen molar-refractivity contribution in [2.75, 3.05) is 41.0 Å². The Morgan fingerprint density at radius 1 is 0.463 bits per heavy atom. The highest BCUT2D eigenvalue weighted by molar-refractivity contribution is 5.70. The molecule has 0 bridgehead atoms. The van der Waals surface area contributed by atoms with Crippen molar-refractivity contribution in [2.45, 2.75) is 270 Å². The number of carbonyl (C=O) groups excluding carboxylic acids is 3. The number of rotatable bonds is 51. The van der Waals surface area contributed by atoms with Crippen LogP contribution in [0.1, 0.15) is 258 Å². The summed E-state index contributed by atoms with van der Waals surface area (Å²) < 4.78 is 17.3. The molecule has 390 valence electrons. The van der Waals surface area contributed by atoms with Crippen LogP contribution in [0, 0.1) is 0 Å². The molecule has 2 atom stereocenters. The maximum absolute atomic E-state index is 12.8. The molecule has 0 aromatic carbocycles. The molecule has 0 saturated carbocycles. The van der Waals surface area contributed by atoms with Crippen LogP contribution in [-0.2, 0) is 28.6 Å². The van der Waals surface area contributed by atoms with Crippen LogP contribution in [0.5, 0.6) is 0 Å². The summed E-state index contributed by atoms with van der Waals surface area (Å²) in [6.07, 6.45) is 61.5. The Morgan fingerprint density at radius 3 is 1.25 bits per heavy atom. The lowest BCUT2D eigenvalue weighted by Gasteiger charge is -2.34. The van der Waals surface area contributed by atoms with Crippen LogP contribution in [-0.4, -0.2) is 75.5 Å². The van der Waals surface area contributed by atoms with Gasteiger partial charge in [0.05, 0.1) is 40.3 Å². The van der Waals surface area contributed by atoms with Crippen molar-refractivity contribution in [3.05, 3.63) is 48.6 Å². The Balaban J connectivity index is 4.17. The molecule has 67 heavy (non-hydrogen) atoms. The molecule has 0 amide bonds. The normalized spacial score (nSPS) is 13.1. The van der Waals surface area contributed by atoms with Gasteiger partial charge in [-0.3, -0.25) is 9.59 Å². The van der Waals surface area contributed by atoms with Crippen LogP contribution in [0.3, 0.4) is 0 Å². The van der Waals surface area contributed by atoms with E-state index in [1.807, 2.05) is 21.1 Å². The Bertz CT molecular complexity index is 1230. The highest BCUT2D eigenvalue weighted by Crippen LogP contribution is 2.16. The maximum atomic E-state index is 12.8. The fourth-order valence-electron chi connectivity index (χ4n) is 8.38. The van der Waals surface area contributed by atoms with Crippen molar-refractivity contribution in [1.29, 1.82) is 0 Å². The van der Waals surface area contributed by atoms with Gasteiger partial charge in [0.25, 0.3) is 0 Å². The van der Waals surface area contributed by atoms with Gasteiger partial charge in [-0.05, 0) is 70.6 Å². The van der Waals surface area contributed by atoms with E-state index < -0.39 is 18.1 Å². The average molecular weight is 943 g/mol. The fourth-order valence-corrected chi connectivity index (χ4v) is 8.38. The van der Waals surface area contributed by atoms with Crippen LogP contribution in [0.25, 0.3) is 0 Å². The number of nitrogens with zero attached hydrogens (tertiary/aromatic N) is 1. The van der Waals surface area contributed by atoms with Crippen molar-refractivity contribution in [2.24, 2.45) is 0 Å². The minimum atomic E-state index is -1.12. The Labute approximate surface area is 414 Å². The molecule has 0 aliphatic heterocycles. The van der Waals surface area contributed by atoms with Gasteiger partial charge in [0.15, 0.2) is 6.10 Å². The van der Waals surface area contributed by atoms with E-state index in [1.165, 1.54) is 167 Å². The zero-order chi connectivity index (χ0) is 49.2. The first kappa shape index (κ1) is 64.3. The van der Waals surface area contributed by atoms with Crippen LogP contribution >= 0.6 is 0 Å². The number of carbonyl (C=O) groups is 3. The molecule has 0 aromatic heterocycles. The number of quaternary nitrogens is 1. The molecule has 0 rings (SSSR count). The number of unbranched alkanes of at least 4 members (excludes halogenated alkanes) is 29. The number of likely N-dealkylation sites (N-methyl/N-ethyl adjacent to an activating group) is 1. The monoisotopic (exact) mass is 942 g/mol. The molecule has 0 aliphatic rings. The number of allylic oxidation sites excluding steroid dienone is 8. The Hall–Kier alpha value is -2.71. The van der Waals surface area contributed by atoms with Gasteiger partial charge in [0, 0.05) is 19.3 Å². The second kappa shape index (κ2) is 49.7. The van der Waals surface area contributed by atoms with Gasteiger partial charge in [0.2, 0.25) is 0 Å². The standard InChI is InChI=1S/C59H107NO7/c1-6-8-10-12-14-16-18-20-22-24-26-28-29-30-32-33-35-37-39-41-43-45-47-49-57(61)66-54-55(53-65-52-51-56(59(63)64)60(3,4)5)67-58(62)50-48-46-44-42-40-38-36-34-31-27-25-23-21-19-17-15-13-11-9-7-2/h9,11,15,17,21,23,30,32,55-56H,6-8,10,12-14,16,18-20,22,24-29,31,33-54H2,1-5H3/b11-9+,17-15+,23-21+,32-30+. The van der Waals surface area contributed by atoms with Gasteiger partial charge in [-0.1, -0.05) is 217 Å². The van der Waals surface area contributed by atoms with E-state index in [-0.39, 0.29) is 42.7 Å². The van der Waals surface area contributed by atoms with Crippen molar-refractivity contribution < 1.29 is 38.2 Å². The SMILES string of the molecule is CC/C=C/C/C=C/C/C=C/CCCCCCCCCCCCC(=O)OC(COCCC(C(=O)[O-])[N+](C)(C)C)COC(=O)CCCCCCCCC/C=C/CCCCCCCCCCCCCC. The van der Waals surface area contributed by atoms with E-state index >= 15 is 0 Å². The first-order valence-corrected chi connectivity index (χ1v) is 28.2. The molecule has 0 N–H and O–H groups in total. The van der Waals surface area contributed by atoms with Crippen molar-refractivity contribution in [1.82, 2.24) is 0 Å². The predicted molar refractivity (Wildman–Crippen MR) is 282 cm³/mol. The number of hydrogen-bond donors (Lipinski definition) is 0. The topological polar surface area (TPSA) is 102 Å². The summed E-state index contributed by atoms with van der Waals surface area (Å²) in [6, 6.07) is -0.728. The maximum Gasteiger partial charge on any atom is 0.306 e. The minimum absolute atomic E-state index is 0.0386. The summed E-state index contributed by atoms with van der Waals surface area (Å²) in [5.74, 6) is -1.73. The van der Waals surface area contributed by atoms with Gasteiger partial charge >= 0.3 is 11.9 Å². The van der Waals surface area contributed by atoms with Crippen LogP contribution in [0.4, 0.5) is 0 Å². The summed E-state index contributed by atoms with van der Waals surface area (Å²) in [4.78, 5) is 37.1. The second-order valence-corrected chi connectivity index (χ2v) is 20.1. The molecule has 8 heteroatoms. The van der Waals surface area contributed by atoms with Crippen LogP contribution in [0.15, 0.2) is 48.6 Å². The third-order valence-electron chi connectivity index (χ3n) is 12.7. The first-order chi connectivity index (χ1) is 32.6. The number of carboxylic acid groups (broad SMARTS) is 1. The van der Waals surface area contributed by atoms with Crippen molar-refractivity contribution >= 4 is 17.9 Å². The van der Waals surface area contributed by atoms with Crippen LogP contribution < -0.4 is 5.11 Å². The quantitative estimate of drug-likeness (QED) is 0.0259. The third kappa shape index (κ3) is 48.1. The van der Waals surface area contributed by atoms with Gasteiger partial charge in [-0.2, -0.15) is 0 Å². The van der Waals surface area contributed by atoms with Gasteiger partial charge in [-0.15, -0.1) is 0 Å². The van der Waals surface area contributed by atoms with E-state index in [4.69, 9.17) is 14.2 Å². The molecular formula is C59H107NO7. The minimum Gasteiger partial charge on any atom is -0.544 e. The predicted octanol–water partition coefficient (Wildman–Crippen LogP) is 15.4. The van der Waals surface area contributed by atoms with E-state index in [2.05, 4.69) is 62.5 Å². The summed E-state index contributed by atoms with van der Waals surface area (Å²) >= 11 is 0. The zero-order valence-electron chi connectivity index (χ0n) is 44.6. The lowest BCUT2D eigenvalue weighted by atomic mass is 10.0. The van der Waals surface area contributed by atoms with Gasteiger partial charge in [-0.25, -0.2) is 0 Å². The molecular weight excluding hydrogens is 835 g/mol. The van der Waals surface area contributed by atoms with E-state index in [0.29, 0.717) is 12.8 Å². The zero-order valence-corrected chi connectivity index (χ0v) is 44.6. The second-order valence-electron chi connectivity index (χ2n) is 20.1. The summed E-state index contributed by atoms with van der Waals surface area (Å²) in [6.45, 7) is 4.58. The van der Waals surface area contributed by atoms with Crippen molar-refractivity contribution in [3.8, 4) is 0 Å². The van der Waals surface area contributed by atoms with Crippen LogP contribution in [0.2, 0.25) is 0 Å². The molecule has 0 radical (unpaired) electrons. The van der Waals surface area contributed by atoms with E-state index in [1.54, 1.807) is 0 Å². The molecule has 0 spiro atoms. The molecule has 0 heterocycles. The number of aliphatic carboxylic acids is 1. The molecule has 0 fully saturated rings. The number of carboxylic acids is 1. The Kier molecular flexibility index (Phi) is 47.7. The summed E-state index contributed by atoms with van der Waals surface area (Å²) in [5.41, 5.74) is 0. The van der Waals surface area contributed by atoms with Gasteiger partial charge in [0.1, 0.15) is 12.6 Å². The van der Waals surface area contributed by atoms with E-state index in [0.717, 1.165) is 57.8 Å².